The smallest absolute Gasteiger partial charge is 0.0621 e. The second kappa shape index (κ2) is 8.66. The number of aryl methyl sites for hydroxylation is 1. The number of rotatable bonds is 6. The maximum atomic E-state index is 8.79. The first kappa shape index (κ1) is 16.7. The van der Waals surface area contributed by atoms with E-state index in [0.717, 1.165) is 12.8 Å². The maximum absolute atomic E-state index is 8.79. The fraction of sp³-hybridized carbons (Fsp3) is 0.125. The van der Waals surface area contributed by atoms with Crippen molar-refractivity contribution in [2.75, 3.05) is 0 Å². The second-order valence-electron chi connectivity index (χ2n) is 6.00. The van der Waals surface area contributed by atoms with Crippen LogP contribution in [-0.4, -0.2) is 0 Å². The minimum Gasteiger partial charge on any atom is -0.198 e. The fourth-order valence-electron chi connectivity index (χ4n) is 3.00. The van der Waals surface area contributed by atoms with Crippen molar-refractivity contribution in [2.24, 2.45) is 0 Å². The van der Waals surface area contributed by atoms with Crippen LogP contribution in [0.4, 0.5) is 0 Å². The van der Waals surface area contributed by atoms with E-state index in [1.807, 2.05) is 6.07 Å². The first-order chi connectivity index (χ1) is 12.4. The summed E-state index contributed by atoms with van der Waals surface area (Å²) >= 11 is 0. The van der Waals surface area contributed by atoms with Gasteiger partial charge in [0.1, 0.15) is 0 Å². The highest BCUT2D eigenvalue weighted by Crippen LogP contribution is 2.29. The van der Waals surface area contributed by atoms with Crippen molar-refractivity contribution in [3.63, 3.8) is 0 Å². The fourth-order valence-corrected chi connectivity index (χ4v) is 3.00. The van der Waals surface area contributed by atoms with Crippen molar-refractivity contribution in [1.29, 1.82) is 5.26 Å². The average molecular weight is 323 g/mol. The number of unbranched alkanes of at least 4 members (excludes halogenated alkanes) is 1. The van der Waals surface area contributed by atoms with Crippen LogP contribution in [0.2, 0.25) is 0 Å². The summed E-state index contributed by atoms with van der Waals surface area (Å²) in [4.78, 5) is 0. The number of hydrogen-bond acceptors (Lipinski definition) is 1. The van der Waals surface area contributed by atoms with E-state index in [2.05, 4.69) is 91.0 Å². The number of hydrogen-bond donors (Lipinski definition) is 0. The Hall–Kier alpha value is -3.11. The molecule has 3 aromatic carbocycles. The van der Waals surface area contributed by atoms with Gasteiger partial charge in [-0.2, -0.15) is 5.26 Å². The van der Waals surface area contributed by atoms with Crippen LogP contribution in [0.25, 0.3) is 23.3 Å². The van der Waals surface area contributed by atoms with Crippen LogP contribution < -0.4 is 0 Å². The summed E-state index contributed by atoms with van der Waals surface area (Å²) in [7, 11) is 0. The van der Waals surface area contributed by atoms with Crippen molar-refractivity contribution in [1.82, 2.24) is 0 Å². The minimum absolute atomic E-state index is 0.601. The first-order valence-corrected chi connectivity index (χ1v) is 8.66. The van der Waals surface area contributed by atoms with Crippen LogP contribution in [-0.2, 0) is 6.42 Å². The number of nitriles is 1. The van der Waals surface area contributed by atoms with Gasteiger partial charge in [-0.1, -0.05) is 91.0 Å². The Morgan fingerprint density at radius 2 is 1.40 bits per heavy atom. The van der Waals surface area contributed by atoms with E-state index < -0.39 is 0 Å². The molecule has 0 saturated carbocycles. The third-order valence-corrected chi connectivity index (χ3v) is 4.26. The van der Waals surface area contributed by atoms with Gasteiger partial charge >= 0.3 is 0 Å². The zero-order valence-electron chi connectivity index (χ0n) is 14.2. The SMILES string of the molecule is N#CCCCc1ccccc1-c1ccccc1/C=C/c1ccccc1. The van der Waals surface area contributed by atoms with E-state index in [0.29, 0.717) is 6.42 Å². The number of nitrogens with zero attached hydrogens (tertiary/aromatic N) is 1. The Morgan fingerprint density at radius 1 is 0.720 bits per heavy atom. The van der Waals surface area contributed by atoms with Crippen molar-refractivity contribution in [3.05, 3.63) is 95.6 Å². The van der Waals surface area contributed by atoms with Gasteiger partial charge in [-0.25, -0.2) is 0 Å². The van der Waals surface area contributed by atoms with E-state index in [1.165, 1.54) is 27.8 Å². The monoisotopic (exact) mass is 323 g/mol. The van der Waals surface area contributed by atoms with Crippen LogP contribution in [0.15, 0.2) is 78.9 Å². The van der Waals surface area contributed by atoms with Gasteiger partial charge in [-0.05, 0) is 40.7 Å². The third kappa shape index (κ3) is 4.46. The molecule has 3 rings (SSSR count). The second-order valence-corrected chi connectivity index (χ2v) is 6.00. The molecule has 0 bridgehead atoms. The molecule has 1 nitrogen and oxygen atoms in total. The van der Waals surface area contributed by atoms with Crippen LogP contribution in [0.3, 0.4) is 0 Å². The molecule has 0 saturated heterocycles. The molecule has 0 unspecified atom stereocenters. The molecule has 0 radical (unpaired) electrons. The summed E-state index contributed by atoms with van der Waals surface area (Å²) in [5.41, 5.74) is 6.20. The lowest BCUT2D eigenvalue weighted by molar-refractivity contribution is 0.852. The highest BCUT2D eigenvalue weighted by atomic mass is 14.2. The van der Waals surface area contributed by atoms with Crippen LogP contribution in [0, 0.1) is 11.3 Å². The molecule has 0 heterocycles. The Kier molecular flexibility index (Phi) is 5.80. The molecule has 0 aliphatic carbocycles. The molecule has 0 aliphatic heterocycles. The van der Waals surface area contributed by atoms with E-state index in [9.17, 15) is 0 Å². The van der Waals surface area contributed by atoms with Gasteiger partial charge in [0.05, 0.1) is 6.07 Å². The zero-order chi connectivity index (χ0) is 17.3. The lowest BCUT2D eigenvalue weighted by atomic mass is 9.92. The molecule has 1 heteroatoms. The Balaban J connectivity index is 1.94. The Bertz CT molecular complexity index is 885. The number of benzene rings is 3. The lowest BCUT2D eigenvalue weighted by Crippen LogP contribution is -1.92. The summed E-state index contributed by atoms with van der Waals surface area (Å²) < 4.78 is 0. The molecular weight excluding hydrogens is 302 g/mol. The molecule has 0 amide bonds. The highest BCUT2D eigenvalue weighted by Gasteiger charge is 2.07. The lowest BCUT2D eigenvalue weighted by Gasteiger charge is -2.12. The van der Waals surface area contributed by atoms with E-state index >= 15 is 0 Å². The third-order valence-electron chi connectivity index (χ3n) is 4.26. The summed E-state index contributed by atoms with van der Waals surface area (Å²) in [6, 6.07) is 29.6. The highest BCUT2D eigenvalue weighted by molar-refractivity contribution is 5.82. The average Bonchev–Trinajstić information content (AvgIpc) is 2.68. The standard InChI is InChI=1S/C24H21N/c25-19-9-8-14-21-12-4-6-15-23(21)24-16-7-5-13-22(24)18-17-20-10-2-1-3-11-20/h1-7,10-13,15-18H,8-9,14H2/b18-17+. The molecule has 25 heavy (non-hydrogen) atoms. The van der Waals surface area contributed by atoms with Crippen molar-refractivity contribution in [2.45, 2.75) is 19.3 Å². The predicted molar refractivity (Wildman–Crippen MR) is 106 cm³/mol. The normalized spacial score (nSPS) is 10.7. The maximum Gasteiger partial charge on any atom is 0.0621 e. The van der Waals surface area contributed by atoms with E-state index in [-0.39, 0.29) is 0 Å². The molecule has 0 spiro atoms. The van der Waals surface area contributed by atoms with Gasteiger partial charge in [-0.15, -0.1) is 0 Å². The molecular formula is C24H21N. The predicted octanol–water partition coefficient (Wildman–Crippen LogP) is 6.37. The van der Waals surface area contributed by atoms with E-state index in [4.69, 9.17) is 5.26 Å². The zero-order valence-corrected chi connectivity index (χ0v) is 14.2. The molecule has 0 fully saturated rings. The van der Waals surface area contributed by atoms with Gasteiger partial charge < -0.3 is 0 Å². The minimum atomic E-state index is 0.601. The molecule has 3 aromatic rings. The van der Waals surface area contributed by atoms with Crippen LogP contribution >= 0.6 is 0 Å². The van der Waals surface area contributed by atoms with Gasteiger partial charge in [0.25, 0.3) is 0 Å². The van der Waals surface area contributed by atoms with Crippen molar-refractivity contribution in [3.8, 4) is 17.2 Å². The molecule has 0 aliphatic rings. The first-order valence-electron chi connectivity index (χ1n) is 8.66. The molecule has 122 valence electrons. The summed E-state index contributed by atoms with van der Waals surface area (Å²) in [6.45, 7) is 0. The molecule has 0 N–H and O–H groups in total. The van der Waals surface area contributed by atoms with Crippen LogP contribution in [0.1, 0.15) is 29.5 Å². The summed E-state index contributed by atoms with van der Waals surface area (Å²) in [5.74, 6) is 0. The summed E-state index contributed by atoms with van der Waals surface area (Å²) in [6.07, 6.45) is 6.76. The molecule has 0 atom stereocenters. The van der Waals surface area contributed by atoms with Crippen molar-refractivity contribution < 1.29 is 0 Å². The van der Waals surface area contributed by atoms with Gasteiger partial charge in [0, 0.05) is 6.42 Å². The van der Waals surface area contributed by atoms with Gasteiger partial charge in [0.2, 0.25) is 0 Å². The molecule has 0 aromatic heterocycles. The van der Waals surface area contributed by atoms with Gasteiger partial charge in [-0.3, -0.25) is 0 Å². The van der Waals surface area contributed by atoms with E-state index in [1.54, 1.807) is 0 Å². The Labute approximate surface area is 149 Å². The Morgan fingerprint density at radius 3 is 2.20 bits per heavy atom. The van der Waals surface area contributed by atoms with Crippen molar-refractivity contribution >= 4 is 12.2 Å². The quantitative estimate of drug-likeness (QED) is 0.382. The van der Waals surface area contributed by atoms with Crippen LogP contribution in [0.5, 0.6) is 0 Å². The topological polar surface area (TPSA) is 23.8 Å². The largest absolute Gasteiger partial charge is 0.198 e. The summed E-state index contributed by atoms with van der Waals surface area (Å²) in [5, 5.41) is 8.79. The van der Waals surface area contributed by atoms with Gasteiger partial charge in [0.15, 0.2) is 0 Å².